The highest BCUT2D eigenvalue weighted by molar-refractivity contribution is 5.83. The summed E-state index contributed by atoms with van der Waals surface area (Å²) in [5.41, 5.74) is 0.0335. The number of ether oxygens (including phenoxy) is 1. The highest BCUT2D eigenvalue weighted by Crippen LogP contribution is 2.39. The zero-order valence-electron chi connectivity index (χ0n) is 10.6. The molecule has 7 heteroatoms. The number of nitrogens with zero attached hydrogens (tertiary/aromatic N) is 2. The molecule has 102 valence electrons. The quantitative estimate of drug-likeness (QED) is 0.640. The number of hydrogen-bond acceptors (Lipinski definition) is 6. The standard InChI is InChI=1S/C12H14N2O5/c1-7-10(15)5-11(19-12(7,2)16)8-3-4-13-6-9(8)14(17)18/h3-4,6-7,11,16H,5H2,1-2H3. The van der Waals surface area contributed by atoms with E-state index >= 15 is 0 Å². The van der Waals surface area contributed by atoms with Crippen LogP contribution in [-0.2, 0) is 9.53 Å². The van der Waals surface area contributed by atoms with Crippen LogP contribution in [0.15, 0.2) is 18.5 Å². The predicted octanol–water partition coefficient (Wildman–Crippen LogP) is 1.36. The van der Waals surface area contributed by atoms with Crippen molar-refractivity contribution in [1.82, 2.24) is 4.98 Å². The molecule has 0 amide bonds. The Kier molecular flexibility index (Phi) is 3.34. The van der Waals surface area contributed by atoms with Crippen LogP contribution >= 0.6 is 0 Å². The highest BCUT2D eigenvalue weighted by Gasteiger charge is 2.44. The summed E-state index contributed by atoms with van der Waals surface area (Å²) in [6.45, 7) is 2.95. The number of rotatable bonds is 2. The molecule has 0 spiro atoms. The monoisotopic (exact) mass is 266 g/mol. The number of pyridine rings is 1. The van der Waals surface area contributed by atoms with E-state index in [1.807, 2.05) is 0 Å². The average Bonchev–Trinajstić information content (AvgIpc) is 2.35. The van der Waals surface area contributed by atoms with Crippen LogP contribution in [0.4, 0.5) is 5.69 Å². The Morgan fingerprint density at radius 2 is 2.32 bits per heavy atom. The summed E-state index contributed by atoms with van der Waals surface area (Å²) in [5.74, 6) is -2.48. The van der Waals surface area contributed by atoms with Gasteiger partial charge in [0.15, 0.2) is 5.79 Å². The van der Waals surface area contributed by atoms with Crippen molar-refractivity contribution in [1.29, 1.82) is 0 Å². The van der Waals surface area contributed by atoms with E-state index in [-0.39, 0.29) is 23.5 Å². The summed E-state index contributed by atoms with van der Waals surface area (Å²) in [6.07, 6.45) is 1.67. The minimum atomic E-state index is -1.63. The van der Waals surface area contributed by atoms with Gasteiger partial charge in [-0.15, -0.1) is 0 Å². The predicted molar refractivity (Wildman–Crippen MR) is 64.1 cm³/mol. The van der Waals surface area contributed by atoms with Gasteiger partial charge < -0.3 is 9.84 Å². The number of Topliss-reactive ketones (excluding diaryl/α,β-unsaturated/α-hetero) is 1. The smallest absolute Gasteiger partial charge is 0.293 e. The van der Waals surface area contributed by atoms with E-state index in [2.05, 4.69) is 4.98 Å². The van der Waals surface area contributed by atoms with Crippen LogP contribution in [0.1, 0.15) is 31.9 Å². The maximum atomic E-state index is 11.8. The molecule has 3 unspecified atom stereocenters. The second-order valence-corrected chi connectivity index (χ2v) is 4.74. The van der Waals surface area contributed by atoms with Crippen LogP contribution in [0.3, 0.4) is 0 Å². The molecule has 0 saturated carbocycles. The normalized spacial score (nSPS) is 31.2. The second kappa shape index (κ2) is 4.67. The van der Waals surface area contributed by atoms with Gasteiger partial charge in [-0.1, -0.05) is 6.92 Å². The first-order valence-electron chi connectivity index (χ1n) is 5.84. The minimum absolute atomic E-state index is 0.00215. The lowest BCUT2D eigenvalue weighted by Crippen LogP contribution is -2.46. The first kappa shape index (κ1) is 13.6. The van der Waals surface area contributed by atoms with E-state index < -0.39 is 22.7 Å². The van der Waals surface area contributed by atoms with Crippen molar-refractivity contribution in [2.24, 2.45) is 5.92 Å². The fourth-order valence-corrected chi connectivity index (χ4v) is 2.09. The van der Waals surface area contributed by atoms with Crippen LogP contribution in [-0.4, -0.2) is 26.6 Å². The third-order valence-corrected chi connectivity index (χ3v) is 3.43. The van der Waals surface area contributed by atoms with Crippen molar-refractivity contribution in [3.63, 3.8) is 0 Å². The molecule has 2 heterocycles. The van der Waals surface area contributed by atoms with Gasteiger partial charge in [-0.05, 0) is 13.0 Å². The van der Waals surface area contributed by atoms with E-state index in [9.17, 15) is 20.0 Å². The topological polar surface area (TPSA) is 103 Å². The SMILES string of the molecule is CC1C(=O)CC(c2ccncc2[N+](=O)[O-])OC1(C)O. The zero-order valence-corrected chi connectivity index (χ0v) is 10.6. The van der Waals surface area contributed by atoms with Crippen molar-refractivity contribution >= 4 is 11.5 Å². The van der Waals surface area contributed by atoms with E-state index in [4.69, 9.17) is 4.74 Å². The lowest BCUT2D eigenvalue weighted by Gasteiger charge is -2.38. The van der Waals surface area contributed by atoms with E-state index in [0.29, 0.717) is 0 Å². The van der Waals surface area contributed by atoms with Crippen molar-refractivity contribution < 1.29 is 19.6 Å². The number of carbonyl (C=O) groups is 1. The van der Waals surface area contributed by atoms with Gasteiger partial charge in [0.1, 0.15) is 12.0 Å². The van der Waals surface area contributed by atoms with Gasteiger partial charge in [-0.2, -0.15) is 0 Å². The van der Waals surface area contributed by atoms with Gasteiger partial charge in [0, 0.05) is 12.6 Å². The largest absolute Gasteiger partial charge is 0.365 e. The summed E-state index contributed by atoms with van der Waals surface area (Å²) in [5, 5.41) is 21.0. The van der Waals surface area contributed by atoms with Crippen LogP contribution in [0.5, 0.6) is 0 Å². The first-order chi connectivity index (χ1) is 8.83. The molecule has 2 rings (SSSR count). The Hall–Kier alpha value is -1.86. The molecule has 19 heavy (non-hydrogen) atoms. The molecule has 1 aromatic rings. The maximum Gasteiger partial charge on any atom is 0.293 e. The summed E-state index contributed by atoms with van der Waals surface area (Å²) in [6, 6.07) is 1.43. The van der Waals surface area contributed by atoms with Crippen LogP contribution < -0.4 is 0 Å². The molecule has 1 aromatic heterocycles. The Morgan fingerprint density at radius 1 is 1.63 bits per heavy atom. The van der Waals surface area contributed by atoms with Gasteiger partial charge >= 0.3 is 0 Å². The number of aliphatic hydroxyl groups is 1. The van der Waals surface area contributed by atoms with Gasteiger partial charge in [0.2, 0.25) is 0 Å². The molecule has 7 nitrogen and oxygen atoms in total. The third-order valence-electron chi connectivity index (χ3n) is 3.43. The van der Waals surface area contributed by atoms with Crippen LogP contribution in [0.2, 0.25) is 0 Å². The molecule has 0 bridgehead atoms. The first-order valence-corrected chi connectivity index (χ1v) is 5.84. The van der Waals surface area contributed by atoms with Crippen molar-refractivity contribution in [2.75, 3.05) is 0 Å². The second-order valence-electron chi connectivity index (χ2n) is 4.74. The molecule has 3 atom stereocenters. The maximum absolute atomic E-state index is 11.8. The number of ketones is 1. The summed E-state index contributed by atoms with van der Waals surface area (Å²) in [7, 11) is 0. The lowest BCUT2D eigenvalue weighted by atomic mass is 9.88. The van der Waals surface area contributed by atoms with E-state index in [0.717, 1.165) is 6.20 Å². The van der Waals surface area contributed by atoms with Gasteiger partial charge in [0.05, 0.1) is 22.5 Å². The number of aromatic nitrogens is 1. The van der Waals surface area contributed by atoms with Crippen molar-refractivity contribution in [3.05, 3.63) is 34.1 Å². The summed E-state index contributed by atoms with van der Waals surface area (Å²) >= 11 is 0. The fraction of sp³-hybridized carbons (Fsp3) is 0.500. The molecule has 1 aliphatic rings. The summed E-state index contributed by atoms with van der Waals surface area (Å²) < 4.78 is 5.44. The molecule has 0 aliphatic carbocycles. The van der Waals surface area contributed by atoms with Gasteiger partial charge in [0.25, 0.3) is 5.69 Å². The molecular formula is C12H14N2O5. The Morgan fingerprint density at radius 3 is 2.89 bits per heavy atom. The molecule has 1 saturated heterocycles. The van der Waals surface area contributed by atoms with E-state index in [1.165, 1.54) is 19.2 Å². The molecule has 1 fully saturated rings. The van der Waals surface area contributed by atoms with Gasteiger partial charge in [-0.3, -0.25) is 19.9 Å². The zero-order chi connectivity index (χ0) is 14.2. The number of hydrogen-bond donors (Lipinski definition) is 1. The van der Waals surface area contributed by atoms with Crippen LogP contribution in [0, 0.1) is 16.0 Å². The van der Waals surface area contributed by atoms with Crippen molar-refractivity contribution in [3.8, 4) is 0 Å². The summed E-state index contributed by atoms with van der Waals surface area (Å²) in [4.78, 5) is 25.9. The third kappa shape index (κ3) is 2.47. The number of carbonyl (C=O) groups excluding carboxylic acids is 1. The Balaban J connectivity index is 2.38. The lowest BCUT2D eigenvalue weighted by molar-refractivity contribution is -0.387. The van der Waals surface area contributed by atoms with E-state index in [1.54, 1.807) is 6.92 Å². The average molecular weight is 266 g/mol. The molecule has 1 N–H and O–H groups in total. The molecular weight excluding hydrogens is 252 g/mol. The van der Waals surface area contributed by atoms with Gasteiger partial charge in [-0.25, -0.2) is 0 Å². The minimum Gasteiger partial charge on any atom is -0.365 e. The molecule has 0 aromatic carbocycles. The van der Waals surface area contributed by atoms with Crippen LogP contribution in [0.25, 0.3) is 0 Å². The molecule has 1 aliphatic heterocycles. The fourth-order valence-electron chi connectivity index (χ4n) is 2.09. The Labute approximate surface area is 109 Å². The highest BCUT2D eigenvalue weighted by atomic mass is 16.6. The Bertz CT molecular complexity index is 529. The van der Waals surface area contributed by atoms with Crippen molar-refractivity contribution in [2.45, 2.75) is 32.2 Å². The molecule has 0 radical (unpaired) electrons. The number of nitro groups is 1.